The van der Waals surface area contributed by atoms with Crippen molar-refractivity contribution >= 4 is 11.8 Å². The van der Waals surface area contributed by atoms with Crippen LogP contribution in [0, 0.1) is 5.92 Å². The first-order chi connectivity index (χ1) is 7.93. The minimum Gasteiger partial charge on any atom is -0.252 e. The maximum Gasteiger partial charge on any atom is 0.0880 e. The molecule has 0 aliphatic carbocycles. The Balaban J connectivity index is 2.40. The summed E-state index contributed by atoms with van der Waals surface area (Å²) in [6, 6.07) is 0. The van der Waals surface area contributed by atoms with Crippen molar-refractivity contribution in [3.63, 3.8) is 0 Å². The number of rotatable bonds is 6. The van der Waals surface area contributed by atoms with E-state index >= 15 is 0 Å². The van der Waals surface area contributed by atoms with Gasteiger partial charge in [0.15, 0.2) is 0 Å². The smallest absolute Gasteiger partial charge is 0.0880 e. The zero-order chi connectivity index (χ0) is 12.9. The quantitative estimate of drug-likeness (QED) is 0.781. The first-order valence-corrected chi connectivity index (χ1v) is 7.57. The number of hydrogen-bond donors (Lipinski definition) is 0. The van der Waals surface area contributed by atoms with Gasteiger partial charge in [-0.05, 0) is 23.8 Å². The Kier molecular flexibility index (Phi) is 5.50. The lowest BCUT2D eigenvalue weighted by Gasteiger charge is -2.13. The number of aryl methyl sites for hydroxylation is 1. The molecule has 0 aromatic carbocycles. The summed E-state index contributed by atoms with van der Waals surface area (Å²) in [5.74, 6) is 3.21. The lowest BCUT2D eigenvalue weighted by molar-refractivity contribution is 0.483. The summed E-state index contributed by atoms with van der Waals surface area (Å²) in [5.41, 5.74) is 1.18. The standard InChI is InChI=1S/C13H25N3S/c1-6-17-10-11(2)7-8-16-9-12(14-15-16)13(3,4)5/h9,11H,6-8,10H2,1-5H3. The Morgan fingerprint density at radius 3 is 2.65 bits per heavy atom. The lowest BCUT2D eigenvalue weighted by atomic mass is 9.93. The zero-order valence-electron chi connectivity index (χ0n) is 11.7. The molecule has 0 amide bonds. The molecule has 0 fully saturated rings. The van der Waals surface area contributed by atoms with E-state index in [-0.39, 0.29) is 5.41 Å². The molecule has 0 saturated heterocycles. The summed E-state index contributed by atoms with van der Waals surface area (Å²) < 4.78 is 1.98. The van der Waals surface area contributed by atoms with Crippen LogP contribution in [0.1, 0.15) is 46.7 Å². The third kappa shape index (κ3) is 5.11. The first-order valence-electron chi connectivity index (χ1n) is 6.42. The lowest BCUT2D eigenvalue weighted by Crippen LogP contribution is -2.11. The van der Waals surface area contributed by atoms with Crippen LogP contribution in [0.15, 0.2) is 6.20 Å². The summed E-state index contributed by atoms with van der Waals surface area (Å²) in [4.78, 5) is 0. The predicted octanol–water partition coefficient (Wildman–Crippen LogP) is 3.35. The van der Waals surface area contributed by atoms with Gasteiger partial charge in [0.1, 0.15) is 0 Å². The number of thioether (sulfide) groups is 1. The van der Waals surface area contributed by atoms with E-state index in [1.165, 1.54) is 17.9 Å². The van der Waals surface area contributed by atoms with Crippen molar-refractivity contribution in [2.75, 3.05) is 11.5 Å². The Bertz CT molecular complexity index is 328. The Labute approximate surface area is 109 Å². The molecular weight excluding hydrogens is 230 g/mol. The molecule has 1 unspecified atom stereocenters. The SMILES string of the molecule is CCSCC(C)CCn1cc(C(C)(C)C)nn1. The summed E-state index contributed by atoms with van der Waals surface area (Å²) in [5, 5.41) is 8.43. The molecule has 1 aromatic heterocycles. The maximum atomic E-state index is 4.24. The van der Waals surface area contributed by atoms with Gasteiger partial charge in [0, 0.05) is 18.2 Å². The van der Waals surface area contributed by atoms with E-state index in [4.69, 9.17) is 0 Å². The minimum atomic E-state index is 0.0991. The highest BCUT2D eigenvalue weighted by Crippen LogP contribution is 2.19. The molecule has 98 valence electrons. The summed E-state index contributed by atoms with van der Waals surface area (Å²) in [6.45, 7) is 12.0. The van der Waals surface area contributed by atoms with E-state index < -0.39 is 0 Å². The van der Waals surface area contributed by atoms with Gasteiger partial charge in [-0.25, -0.2) is 0 Å². The van der Waals surface area contributed by atoms with Crippen molar-refractivity contribution in [3.05, 3.63) is 11.9 Å². The van der Waals surface area contributed by atoms with E-state index in [1.54, 1.807) is 0 Å². The third-order valence-electron chi connectivity index (χ3n) is 2.76. The Morgan fingerprint density at radius 1 is 1.41 bits per heavy atom. The van der Waals surface area contributed by atoms with Crippen molar-refractivity contribution in [3.8, 4) is 0 Å². The molecule has 3 nitrogen and oxygen atoms in total. The van der Waals surface area contributed by atoms with Crippen LogP contribution in [0.3, 0.4) is 0 Å². The summed E-state index contributed by atoms with van der Waals surface area (Å²) in [7, 11) is 0. The monoisotopic (exact) mass is 255 g/mol. The zero-order valence-corrected chi connectivity index (χ0v) is 12.5. The van der Waals surface area contributed by atoms with Crippen LogP contribution in [-0.2, 0) is 12.0 Å². The van der Waals surface area contributed by atoms with Gasteiger partial charge in [-0.3, -0.25) is 4.68 Å². The molecule has 0 aliphatic rings. The Morgan fingerprint density at radius 2 is 2.12 bits per heavy atom. The summed E-state index contributed by atoms with van der Waals surface area (Å²) >= 11 is 2.02. The molecule has 0 saturated carbocycles. The highest BCUT2D eigenvalue weighted by Gasteiger charge is 2.17. The van der Waals surface area contributed by atoms with Crippen molar-refractivity contribution in [1.82, 2.24) is 15.0 Å². The van der Waals surface area contributed by atoms with Gasteiger partial charge in [-0.15, -0.1) is 5.10 Å². The molecule has 1 atom stereocenters. The summed E-state index contributed by atoms with van der Waals surface area (Å²) in [6.07, 6.45) is 3.26. The van der Waals surface area contributed by atoms with E-state index in [1.807, 2.05) is 16.4 Å². The first kappa shape index (κ1) is 14.6. The largest absolute Gasteiger partial charge is 0.252 e. The van der Waals surface area contributed by atoms with Gasteiger partial charge in [0.05, 0.1) is 5.69 Å². The second-order valence-corrected chi connectivity index (χ2v) is 6.99. The van der Waals surface area contributed by atoms with E-state index in [0.29, 0.717) is 0 Å². The van der Waals surface area contributed by atoms with Crippen LogP contribution in [-0.4, -0.2) is 26.5 Å². The maximum absolute atomic E-state index is 4.24. The highest BCUT2D eigenvalue weighted by atomic mass is 32.2. The van der Waals surface area contributed by atoms with Gasteiger partial charge in [-0.2, -0.15) is 11.8 Å². The average molecular weight is 255 g/mol. The predicted molar refractivity (Wildman–Crippen MR) is 75.5 cm³/mol. The van der Waals surface area contributed by atoms with Gasteiger partial charge in [0.25, 0.3) is 0 Å². The van der Waals surface area contributed by atoms with Crippen LogP contribution in [0.5, 0.6) is 0 Å². The minimum absolute atomic E-state index is 0.0991. The van der Waals surface area contributed by atoms with Crippen LogP contribution in [0.2, 0.25) is 0 Å². The van der Waals surface area contributed by atoms with Crippen LogP contribution in [0.4, 0.5) is 0 Å². The normalized spacial score (nSPS) is 13.9. The molecule has 17 heavy (non-hydrogen) atoms. The molecule has 0 radical (unpaired) electrons. The molecule has 0 bridgehead atoms. The molecule has 1 rings (SSSR count). The molecule has 0 N–H and O–H groups in total. The fraction of sp³-hybridized carbons (Fsp3) is 0.846. The van der Waals surface area contributed by atoms with Crippen molar-refractivity contribution < 1.29 is 0 Å². The molecular formula is C13H25N3S. The topological polar surface area (TPSA) is 30.7 Å². The van der Waals surface area contributed by atoms with E-state index in [0.717, 1.165) is 18.2 Å². The van der Waals surface area contributed by atoms with E-state index in [2.05, 4.69) is 51.1 Å². The molecule has 0 spiro atoms. The van der Waals surface area contributed by atoms with Gasteiger partial charge >= 0.3 is 0 Å². The van der Waals surface area contributed by atoms with Crippen molar-refractivity contribution in [1.29, 1.82) is 0 Å². The Hall–Kier alpha value is -0.510. The highest BCUT2D eigenvalue weighted by molar-refractivity contribution is 7.99. The average Bonchev–Trinajstić information content (AvgIpc) is 2.71. The van der Waals surface area contributed by atoms with Crippen molar-refractivity contribution in [2.24, 2.45) is 5.92 Å². The molecule has 1 aromatic rings. The fourth-order valence-corrected chi connectivity index (χ4v) is 2.31. The van der Waals surface area contributed by atoms with Gasteiger partial charge < -0.3 is 0 Å². The fourth-order valence-electron chi connectivity index (χ4n) is 1.51. The molecule has 1 heterocycles. The molecule has 4 heteroatoms. The van der Waals surface area contributed by atoms with E-state index in [9.17, 15) is 0 Å². The number of hydrogen-bond acceptors (Lipinski definition) is 3. The number of aromatic nitrogens is 3. The second-order valence-electron chi connectivity index (χ2n) is 5.67. The third-order valence-corrected chi connectivity index (χ3v) is 3.98. The van der Waals surface area contributed by atoms with Crippen LogP contribution in [0.25, 0.3) is 0 Å². The van der Waals surface area contributed by atoms with Gasteiger partial charge in [-0.1, -0.05) is 39.8 Å². The van der Waals surface area contributed by atoms with Crippen molar-refractivity contribution in [2.45, 2.75) is 53.0 Å². The van der Waals surface area contributed by atoms with Crippen LogP contribution >= 0.6 is 11.8 Å². The second kappa shape index (κ2) is 6.43. The van der Waals surface area contributed by atoms with Gasteiger partial charge in [0.2, 0.25) is 0 Å². The van der Waals surface area contributed by atoms with Crippen LogP contribution < -0.4 is 0 Å². The molecule has 0 aliphatic heterocycles. The number of nitrogens with zero attached hydrogens (tertiary/aromatic N) is 3.